The lowest BCUT2D eigenvalue weighted by atomic mass is 10.2. The van der Waals surface area contributed by atoms with Crippen LogP contribution in [-0.2, 0) is 9.53 Å². The highest BCUT2D eigenvalue weighted by molar-refractivity contribution is 7.22. The number of hydrogen-bond donors (Lipinski definition) is 1. The summed E-state index contributed by atoms with van der Waals surface area (Å²) in [6.07, 6.45) is 1.28. The minimum Gasteiger partial charge on any atom is -0.512 e. The van der Waals surface area contributed by atoms with E-state index < -0.39 is 5.97 Å². The van der Waals surface area contributed by atoms with Crippen LogP contribution < -0.4 is 0 Å². The first-order valence-corrected chi connectivity index (χ1v) is 6.90. The molecule has 2 aromatic rings. The van der Waals surface area contributed by atoms with Gasteiger partial charge in [0.25, 0.3) is 0 Å². The number of ether oxygens (including phenoxy) is 1. The fourth-order valence-corrected chi connectivity index (χ4v) is 2.35. The zero-order valence-electron chi connectivity index (χ0n) is 11.2. The van der Waals surface area contributed by atoms with Gasteiger partial charge in [0.05, 0.1) is 16.8 Å². The molecule has 1 aromatic heterocycles. The first kappa shape index (κ1) is 14.2. The number of benzene rings is 1. The molecule has 1 aromatic carbocycles. The van der Waals surface area contributed by atoms with E-state index in [4.69, 9.17) is 4.74 Å². The average Bonchev–Trinajstić information content (AvgIpc) is 2.81. The number of carbonyl (C=O) groups is 1. The molecule has 1 heterocycles. The number of carbonyl (C=O) groups excluding carboxylic acids is 1. The SMILES string of the molecule is CCOC(=O)C(C=Nc1nc2ccccc2s1)=C(C)O. The molecule has 0 spiro atoms. The van der Waals surface area contributed by atoms with Gasteiger partial charge in [0.1, 0.15) is 11.3 Å². The summed E-state index contributed by atoms with van der Waals surface area (Å²) < 4.78 is 5.86. The van der Waals surface area contributed by atoms with E-state index in [0.29, 0.717) is 5.13 Å². The molecule has 0 unspecified atom stereocenters. The van der Waals surface area contributed by atoms with E-state index in [1.807, 2.05) is 24.3 Å². The predicted octanol–water partition coefficient (Wildman–Crippen LogP) is 3.39. The summed E-state index contributed by atoms with van der Waals surface area (Å²) in [5.74, 6) is -0.731. The van der Waals surface area contributed by atoms with Gasteiger partial charge in [0.2, 0.25) is 5.13 Å². The van der Waals surface area contributed by atoms with Crippen molar-refractivity contribution in [3.63, 3.8) is 0 Å². The maximum atomic E-state index is 11.6. The number of thiazole rings is 1. The second-order valence-electron chi connectivity index (χ2n) is 3.94. The van der Waals surface area contributed by atoms with Gasteiger partial charge >= 0.3 is 5.97 Å². The second-order valence-corrected chi connectivity index (χ2v) is 4.95. The molecule has 1 N–H and O–H groups in total. The number of para-hydroxylation sites is 1. The van der Waals surface area contributed by atoms with Gasteiger partial charge in [-0.2, -0.15) is 0 Å². The number of hydrogen-bond acceptors (Lipinski definition) is 6. The Morgan fingerprint density at radius 1 is 1.50 bits per heavy atom. The standard InChI is InChI=1S/C14H14N2O3S/c1-3-19-13(18)10(9(2)17)8-15-14-16-11-6-4-5-7-12(11)20-14/h4-8,17H,3H2,1-2H3. The van der Waals surface area contributed by atoms with Crippen molar-refractivity contribution in [2.75, 3.05) is 6.61 Å². The third-order valence-corrected chi connectivity index (χ3v) is 3.42. The molecule has 0 aliphatic heterocycles. The molecule has 0 aliphatic rings. The summed E-state index contributed by atoms with van der Waals surface area (Å²) in [4.78, 5) is 20.1. The van der Waals surface area contributed by atoms with Crippen LogP contribution in [0.4, 0.5) is 5.13 Å². The van der Waals surface area contributed by atoms with Crippen molar-refractivity contribution >= 4 is 38.9 Å². The number of aromatic nitrogens is 1. The van der Waals surface area contributed by atoms with Gasteiger partial charge in [-0.15, -0.1) is 0 Å². The summed E-state index contributed by atoms with van der Waals surface area (Å²) in [5.41, 5.74) is 0.887. The molecular weight excluding hydrogens is 276 g/mol. The lowest BCUT2D eigenvalue weighted by Crippen LogP contribution is -2.10. The van der Waals surface area contributed by atoms with Crippen LogP contribution in [-0.4, -0.2) is 28.9 Å². The highest BCUT2D eigenvalue weighted by atomic mass is 32.1. The first-order valence-electron chi connectivity index (χ1n) is 6.08. The molecule has 104 valence electrons. The molecule has 0 fully saturated rings. The summed E-state index contributed by atoms with van der Waals surface area (Å²) in [7, 11) is 0. The summed E-state index contributed by atoms with van der Waals surface area (Å²) in [6, 6.07) is 7.67. The van der Waals surface area contributed by atoms with Gasteiger partial charge in [-0.1, -0.05) is 23.5 Å². The first-order chi connectivity index (χ1) is 9.61. The van der Waals surface area contributed by atoms with Crippen molar-refractivity contribution in [2.45, 2.75) is 13.8 Å². The zero-order valence-corrected chi connectivity index (χ0v) is 12.0. The number of allylic oxidation sites excluding steroid dienone is 1. The van der Waals surface area contributed by atoms with Crippen molar-refractivity contribution in [1.29, 1.82) is 0 Å². The van der Waals surface area contributed by atoms with Crippen molar-refractivity contribution in [1.82, 2.24) is 4.98 Å². The number of nitrogens with zero attached hydrogens (tertiary/aromatic N) is 2. The van der Waals surface area contributed by atoms with Gasteiger partial charge in [0, 0.05) is 6.21 Å². The fraction of sp³-hybridized carbons (Fsp3) is 0.214. The summed E-state index contributed by atoms with van der Waals surface area (Å²) in [6.45, 7) is 3.36. The largest absolute Gasteiger partial charge is 0.512 e. The van der Waals surface area contributed by atoms with Crippen molar-refractivity contribution in [3.05, 3.63) is 35.6 Å². The number of esters is 1. The smallest absolute Gasteiger partial charge is 0.343 e. The van der Waals surface area contributed by atoms with Crippen molar-refractivity contribution in [3.8, 4) is 0 Å². The number of fused-ring (bicyclic) bond motifs is 1. The van der Waals surface area contributed by atoms with E-state index in [9.17, 15) is 9.90 Å². The van der Waals surface area contributed by atoms with Crippen LogP contribution in [0.1, 0.15) is 13.8 Å². The highest BCUT2D eigenvalue weighted by Gasteiger charge is 2.12. The molecule has 0 atom stereocenters. The Bertz CT molecular complexity index is 652. The highest BCUT2D eigenvalue weighted by Crippen LogP contribution is 2.27. The van der Waals surface area contributed by atoms with Crippen LogP contribution in [0.5, 0.6) is 0 Å². The average molecular weight is 290 g/mol. The van der Waals surface area contributed by atoms with E-state index >= 15 is 0 Å². The van der Waals surface area contributed by atoms with Gasteiger partial charge in [0.15, 0.2) is 0 Å². The summed E-state index contributed by atoms with van der Waals surface area (Å²) >= 11 is 1.41. The molecule has 0 saturated heterocycles. The zero-order chi connectivity index (χ0) is 14.5. The van der Waals surface area contributed by atoms with Gasteiger partial charge in [-0.25, -0.2) is 14.8 Å². The van der Waals surface area contributed by atoms with Gasteiger partial charge < -0.3 is 9.84 Å². The quantitative estimate of drug-likeness (QED) is 0.405. The maximum absolute atomic E-state index is 11.6. The Balaban J connectivity index is 2.26. The summed E-state index contributed by atoms with van der Waals surface area (Å²) in [5, 5.41) is 10.0. The van der Waals surface area contributed by atoms with Gasteiger partial charge in [-0.05, 0) is 26.0 Å². The number of rotatable bonds is 4. The molecule has 5 nitrogen and oxygen atoms in total. The van der Waals surface area contributed by atoms with E-state index in [2.05, 4.69) is 9.98 Å². The number of aliphatic hydroxyl groups is 1. The van der Waals surface area contributed by atoms with E-state index in [1.54, 1.807) is 6.92 Å². The fourth-order valence-electron chi connectivity index (χ4n) is 1.54. The predicted molar refractivity (Wildman–Crippen MR) is 79.7 cm³/mol. The lowest BCUT2D eigenvalue weighted by Gasteiger charge is -2.02. The molecule has 0 saturated carbocycles. The minimum absolute atomic E-state index is 0.0334. The molecule has 2 rings (SSSR count). The van der Waals surface area contributed by atoms with Crippen LogP contribution in [0.3, 0.4) is 0 Å². The Hall–Kier alpha value is -2.21. The second kappa shape index (κ2) is 6.29. The lowest BCUT2D eigenvalue weighted by molar-refractivity contribution is -0.138. The van der Waals surface area contributed by atoms with Crippen molar-refractivity contribution in [2.24, 2.45) is 4.99 Å². The molecular formula is C14H14N2O3S. The van der Waals surface area contributed by atoms with Crippen LogP contribution in [0.2, 0.25) is 0 Å². The van der Waals surface area contributed by atoms with E-state index in [1.165, 1.54) is 24.5 Å². The Labute approximate surface area is 120 Å². The maximum Gasteiger partial charge on any atom is 0.343 e. The molecule has 0 bridgehead atoms. The topological polar surface area (TPSA) is 71.8 Å². The number of aliphatic hydroxyl groups excluding tert-OH is 1. The molecule has 0 radical (unpaired) electrons. The van der Waals surface area contributed by atoms with E-state index in [0.717, 1.165) is 10.2 Å². The van der Waals surface area contributed by atoms with Crippen LogP contribution in [0.15, 0.2) is 40.6 Å². The molecule has 0 amide bonds. The normalized spacial score (nSPS) is 12.7. The minimum atomic E-state index is -0.600. The third-order valence-electron chi connectivity index (χ3n) is 2.47. The Kier molecular flexibility index (Phi) is 4.47. The molecule has 20 heavy (non-hydrogen) atoms. The van der Waals surface area contributed by atoms with Crippen LogP contribution in [0.25, 0.3) is 10.2 Å². The monoisotopic (exact) mass is 290 g/mol. The van der Waals surface area contributed by atoms with E-state index in [-0.39, 0.29) is 17.9 Å². The van der Waals surface area contributed by atoms with Crippen LogP contribution >= 0.6 is 11.3 Å². The Morgan fingerprint density at radius 3 is 2.90 bits per heavy atom. The molecule has 0 aliphatic carbocycles. The van der Waals surface area contributed by atoms with Crippen LogP contribution in [0, 0.1) is 0 Å². The molecule has 6 heteroatoms. The Morgan fingerprint density at radius 2 is 2.25 bits per heavy atom. The number of aliphatic imine (C=N–C) groups is 1. The van der Waals surface area contributed by atoms with Crippen molar-refractivity contribution < 1.29 is 14.6 Å². The third kappa shape index (κ3) is 3.21. The van der Waals surface area contributed by atoms with Gasteiger partial charge in [-0.3, -0.25) is 0 Å².